The maximum absolute atomic E-state index is 12.7. The van der Waals surface area contributed by atoms with Gasteiger partial charge in [0, 0.05) is 12.8 Å². The maximum atomic E-state index is 12.7. The molecule has 0 aromatic carbocycles. The number of hydrogen-bond acceptors (Lipinski definition) is 12. The van der Waals surface area contributed by atoms with E-state index in [0.717, 1.165) is 38.0 Å². The second-order valence-electron chi connectivity index (χ2n) is 15.8. The Morgan fingerprint density at radius 2 is 1.08 bits per heavy atom. The molecule has 0 aliphatic carbocycles. The summed E-state index contributed by atoms with van der Waals surface area (Å²) < 4.78 is 47.7. The third-order valence-electron chi connectivity index (χ3n) is 9.21. The minimum Gasteiger partial charge on any atom is -0.462 e. The zero-order valence-electron chi connectivity index (χ0n) is 38.0. The molecule has 0 radical (unpaired) electrons. The van der Waals surface area contributed by atoms with Crippen LogP contribution >= 0.6 is 15.6 Å². The van der Waals surface area contributed by atoms with Crippen LogP contribution < -0.4 is 0 Å². The molecule has 0 amide bonds. The molecule has 0 aromatic heterocycles. The van der Waals surface area contributed by atoms with E-state index in [-0.39, 0.29) is 12.8 Å². The van der Waals surface area contributed by atoms with Gasteiger partial charge in [-0.15, -0.1) is 0 Å². The van der Waals surface area contributed by atoms with E-state index in [1.807, 2.05) is 37.3 Å². The minimum atomic E-state index is -4.89. The van der Waals surface area contributed by atoms with E-state index in [4.69, 9.17) is 23.8 Å². The number of aliphatic hydroxyl groups excluding tert-OH is 3. The predicted molar refractivity (Wildman–Crippen MR) is 246 cm³/mol. The number of esters is 2. The Kier molecular flexibility index (Phi) is 38.2. The predicted octanol–water partition coefficient (Wildman–Crippen LogP) is 9.58. The monoisotopic (exact) mass is 934 g/mol. The number of ether oxygens (including phenoxy) is 2. The van der Waals surface area contributed by atoms with Crippen LogP contribution in [0.5, 0.6) is 0 Å². The van der Waals surface area contributed by atoms with Crippen molar-refractivity contribution in [3.63, 3.8) is 0 Å². The van der Waals surface area contributed by atoms with Gasteiger partial charge in [-0.05, 0) is 44.4 Å². The van der Waals surface area contributed by atoms with Crippen molar-refractivity contribution in [1.29, 1.82) is 0 Å². The number of carbonyl (C=O) groups is 2. The van der Waals surface area contributed by atoms with Crippen LogP contribution in [0.3, 0.4) is 0 Å². The average Bonchev–Trinajstić information content (AvgIpc) is 3.22. The van der Waals surface area contributed by atoms with Crippen LogP contribution in [0.4, 0.5) is 0 Å². The molecule has 1 unspecified atom stereocenters. The van der Waals surface area contributed by atoms with Crippen LogP contribution in [-0.4, -0.2) is 92.8 Å². The van der Waals surface area contributed by atoms with Gasteiger partial charge in [0.25, 0.3) is 0 Å². The summed E-state index contributed by atoms with van der Waals surface area (Å²) >= 11 is 0. The number of phosphoric ester groups is 2. The summed E-state index contributed by atoms with van der Waals surface area (Å²) in [4.78, 5) is 52.7. The highest BCUT2D eigenvalue weighted by atomic mass is 31.2. The SMILES string of the molecule is CC/C=C\C[C@@H](O)/C=C/C=C\C=C\[C@@H](O)C/C=C\C/C=C\CCC(=O)OC[C@H](COP(=O)(O)OC[C@@H](O)COP(=O)(O)O)OC(=O)CCCCCCCCCCCCCCC(C)C. The topological polar surface area (TPSA) is 236 Å². The Labute approximate surface area is 377 Å². The van der Waals surface area contributed by atoms with Crippen molar-refractivity contribution >= 4 is 27.6 Å². The lowest BCUT2D eigenvalue weighted by Crippen LogP contribution is -2.29. The average molecular weight is 935 g/mol. The van der Waals surface area contributed by atoms with Gasteiger partial charge in [0.1, 0.15) is 12.7 Å². The Bertz CT molecular complexity index is 1440. The Balaban J connectivity index is 4.71. The zero-order valence-corrected chi connectivity index (χ0v) is 39.8. The summed E-state index contributed by atoms with van der Waals surface area (Å²) in [6.45, 7) is 3.67. The van der Waals surface area contributed by atoms with Crippen molar-refractivity contribution in [2.24, 2.45) is 5.92 Å². The molecule has 63 heavy (non-hydrogen) atoms. The number of unbranched alkanes of at least 4 members (excludes halogenated alkanes) is 11. The van der Waals surface area contributed by atoms with E-state index < -0.39 is 78.4 Å². The molecule has 0 aliphatic heterocycles. The van der Waals surface area contributed by atoms with Crippen LogP contribution in [-0.2, 0) is 41.8 Å². The number of phosphoric acid groups is 2. The molecule has 0 saturated heterocycles. The molecule has 0 fully saturated rings. The van der Waals surface area contributed by atoms with E-state index in [2.05, 4.69) is 22.9 Å². The molecule has 0 bridgehead atoms. The molecule has 5 atom stereocenters. The number of hydrogen-bond donors (Lipinski definition) is 6. The van der Waals surface area contributed by atoms with Gasteiger partial charge in [-0.1, -0.05) is 171 Å². The van der Waals surface area contributed by atoms with Crippen LogP contribution in [0, 0.1) is 5.92 Å². The van der Waals surface area contributed by atoms with Gasteiger partial charge in [-0.25, -0.2) is 9.13 Å². The Hall–Kier alpha value is -2.52. The molecule has 0 aromatic rings. The first-order valence-electron chi connectivity index (χ1n) is 22.7. The van der Waals surface area contributed by atoms with Crippen LogP contribution in [0.15, 0.2) is 72.9 Å². The first kappa shape index (κ1) is 60.5. The molecule has 364 valence electrons. The molecule has 17 heteroatoms. The molecule has 0 saturated carbocycles. The minimum absolute atomic E-state index is 0.0113. The second-order valence-corrected chi connectivity index (χ2v) is 18.5. The van der Waals surface area contributed by atoms with Crippen molar-refractivity contribution in [3.05, 3.63) is 72.9 Å². The van der Waals surface area contributed by atoms with Crippen LogP contribution in [0.1, 0.15) is 149 Å². The van der Waals surface area contributed by atoms with Crippen LogP contribution in [0.25, 0.3) is 0 Å². The molecule has 15 nitrogen and oxygen atoms in total. The number of rotatable bonds is 41. The summed E-state index contributed by atoms with van der Waals surface area (Å²) in [5, 5.41) is 29.7. The lowest BCUT2D eigenvalue weighted by molar-refractivity contribution is -0.161. The first-order chi connectivity index (χ1) is 30.0. The number of carbonyl (C=O) groups excluding carboxylic acids is 2. The van der Waals surface area contributed by atoms with E-state index >= 15 is 0 Å². The van der Waals surface area contributed by atoms with Gasteiger partial charge in [0.15, 0.2) is 6.10 Å². The van der Waals surface area contributed by atoms with E-state index in [1.54, 1.807) is 42.5 Å². The van der Waals surface area contributed by atoms with Crippen molar-refractivity contribution in [3.8, 4) is 0 Å². The highest BCUT2D eigenvalue weighted by Gasteiger charge is 2.28. The molecule has 0 spiro atoms. The van der Waals surface area contributed by atoms with Gasteiger partial charge in [0.2, 0.25) is 0 Å². The third-order valence-corrected chi connectivity index (χ3v) is 10.6. The van der Waals surface area contributed by atoms with Gasteiger partial charge in [-0.3, -0.25) is 23.2 Å². The Morgan fingerprint density at radius 3 is 1.63 bits per heavy atom. The maximum Gasteiger partial charge on any atom is 0.472 e. The normalized spacial score (nSPS) is 15.7. The molecular formula is C46H80O15P2. The number of allylic oxidation sites excluding steroid dienone is 8. The van der Waals surface area contributed by atoms with Gasteiger partial charge in [0.05, 0.1) is 32.0 Å². The van der Waals surface area contributed by atoms with Crippen LogP contribution in [0.2, 0.25) is 0 Å². The molecule has 0 heterocycles. The van der Waals surface area contributed by atoms with Crippen molar-refractivity contribution in [1.82, 2.24) is 0 Å². The molecule has 6 N–H and O–H groups in total. The summed E-state index contributed by atoms with van der Waals surface area (Å²) in [6, 6.07) is 0. The Morgan fingerprint density at radius 1 is 0.571 bits per heavy atom. The lowest BCUT2D eigenvalue weighted by atomic mass is 10.0. The highest BCUT2D eigenvalue weighted by molar-refractivity contribution is 7.47. The fourth-order valence-electron chi connectivity index (χ4n) is 5.73. The summed E-state index contributed by atoms with van der Waals surface area (Å²) in [5.41, 5.74) is 0. The van der Waals surface area contributed by atoms with E-state index in [1.165, 1.54) is 51.4 Å². The van der Waals surface area contributed by atoms with Gasteiger partial charge in [-0.2, -0.15) is 0 Å². The van der Waals surface area contributed by atoms with Crippen molar-refractivity contribution in [2.45, 2.75) is 174 Å². The van der Waals surface area contributed by atoms with E-state index in [9.17, 15) is 38.9 Å². The van der Waals surface area contributed by atoms with E-state index in [0.29, 0.717) is 32.1 Å². The highest BCUT2D eigenvalue weighted by Crippen LogP contribution is 2.43. The quantitative estimate of drug-likeness (QED) is 0.0110. The lowest BCUT2D eigenvalue weighted by Gasteiger charge is -2.20. The van der Waals surface area contributed by atoms with Gasteiger partial charge < -0.3 is 39.5 Å². The molecule has 0 aliphatic rings. The smallest absolute Gasteiger partial charge is 0.462 e. The molecular weight excluding hydrogens is 854 g/mol. The molecule has 0 rings (SSSR count). The zero-order chi connectivity index (χ0) is 47.0. The fourth-order valence-corrected chi connectivity index (χ4v) is 6.89. The van der Waals surface area contributed by atoms with Crippen molar-refractivity contribution in [2.75, 3.05) is 26.4 Å². The summed E-state index contributed by atoms with van der Waals surface area (Å²) in [5.74, 6) is -0.423. The summed E-state index contributed by atoms with van der Waals surface area (Å²) in [6.07, 6.45) is 35.5. The third kappa shape index (κ3) is 44.5. The summed E-state index contributed by atoms with van der Waals surface area (Å²) in [7, 11) is -9.74. The number of aliphatic hydroxyl groups is 3. The van der Waals surface area contributed by atoms with Gasteiger partial charge >= 0.3 is 27.6 Å². The standard InChI is InChI=1S/C46H80O15P2/c1-4-5-22-30-41(47)32-25-20-21-26-33-42(48)31-24-17-14-15-18-27-34-45(50)57-38-44(39-60-63(55,56)59-37-43(49)36-58-62(52,53)54)61-46(51)35-28-19-13-11-9-7-6-8-10-12-16-23-29-40(2)3/h5,15,17-18,20-22,24-26,32-33,40-44,47-49H,4,6-14,16,19,23,27-31,34-39H2,1-3H3,(H,55,56)(H2,52,53,54)/b18-15-,21-20-,22-5-,24-17-,32-25+,33-26+/t41-,42+,43+,44-/m1/s1. The fraction of sp³-hybridized carbons (Fsp3) is 0.696. The largest absolute Gasteiger partial charge is 0.472 e. The first-order valence-corrected chi connectivity index (χ1v) is 25.7. The second kappa shape index (κ2) is 39.8. The van der Waals surface area contributed by atoms with Crippen molar-refractivity contribution < 1.29 is 71.8 Å².